The van der Waals surface area contributed by atoms with Crippen molar-refractivity contribution < 1.29 is 13.6 Å². The summed E-state index contributed by atoms with van der Waals surface area (Å²) in [5, 5.41) is 0. The molecule has 4 heteroatoms. The van der Waals surface area contributed by atoms with Crippen LogP contribution in [0.5, 0.6) is 0 Å². The van der Waals surface area contributed by atoms with Crippen LogP contribution in [0.2, 0.25) is 0 Å². The molecule has 0 bridgehead atoms. The number of benzene rings is 1. The number of piperidine rings is 1. The lowest BCUT2D eigenvalue weighted by atomic mass is 9.88. The lowest BCUT2D eigenvalue weighted by Gasteiger charge is -2.35. The van der Waals surface area contributed by atoms with Crippen molar-refractivity contribution in [1.82, 2.24) is 4.90 Å². The third-order valence-corrected chi connectivity index (χ3v) is 4.33. The van der Waals surface area contributed by atoms with Gasteiger partial charge in [-0.25, -0.2) is 8.78 Å². The number of hydrogen-bond donors (Lipinski definition) is 0. The summed E-state index contributed by atoms with van der Waals surface area (Å²) in [5.74, 6) is -0.991. The predicted octanol–water partition coefficient (Wildman–Crippen LogP) is 3.52. The number of rotatable bonds is 4. The lowest BCUT2D eigenvalue weighted by Crippen LogP contribution is -2.39. The summed E-state index contributed by atoms with van der Waals surface area (Å²) in [7, 11) is 0. The molecule has 0 aromatic heterocycles. The van der Waals surface area contributed by atoms with E-state index in [4.69, 9.17) is 0 Å². The first-order chi connectivity index (χ1) is 9.49. The Morgan fingerprint density at radius 3 is 2.75 bits per heavy atom. The minimum atomic E-state index is -1.03. The molecule has 2 unspecified atom stereocenters. The average Bonchev–Trinajstić information content (AvgIpc) is 2.43. The topological polar surface area (TPSA) is 20.3 Å². The van der Waals surface area contributed by atoms with Gasteiger partial charge in [-0.05, 0) is 36.9 Å². The van der Waals surface area contributed by atoms with Crippen LogP contribution < -0.4 is 0 Å². The first-order valence-electron chi connectivity index (χ1n) is 7.18. The quantitative estimate of drug-likeness (QED) is 0.787. The molecule has 1 fully saturated rings. The van der Waals surface area contributed by atoms with Gasteiger partial charge in [0.05, 0.1) is 5.56 Å². The second-order valence-corrected chi connectivity index (χ2v) is 5.82. The largest absolute Gasteiger partial charge is 0.303 e. The zero-order chi connectivity index (χ0) is 14.7. The van der Waals surface area contributed by atoms with Crippen molar-refractivity contribution in [3.05, 3.63) is 35.4 Å². The van der Waals surface area contributed by atoms with Gasteiger partial charge in [-0.15, -0.1) is 0 Å². The predicted molar refractivity (Wildman–Crippen MR) is 74.7 cm³/mol. The molecule has 0 N–H and O–H groups in total. The van der Waals surface area contributed by atoms with Crippen LogP contribution in [0.3, 0.4) is 0 Å². The van der Waals surface area contributed by atoms with Crippen molar-refractivity contribution in [2.24, 2.45) is 11.8 Å². The molecular formula is C16H21F2NO. The summed E-state index contributed by atoms with van der Waals surface area (Å²) in [6.45, 7) is 7.02. The Bertz CT molecular complexity index is 489. The molecule has 1 aromatic rings. The highest BCUT2D eigenvalue weighted by atomic mass is 19.2. The number of likely N-dealkylation sites (tertiary alicyclic amines) is 1. The average molecular weight is 281 g/mol. The minimum Gasteiger partial charge on any atom is -0.303 e. The van der Waals surface area contributed by atoms with Crippen molar-refractivity contribution in [2.75, 3.05) is 19.6 Å². The Kier molecular flexibility index (Phi) is 4.86. The highest BCUT2D eigenvalue weighted by Crippen LogP contribution is 2.22. The molecule has 0 amide bonds. The third kappa shape index (κ3) is 3.42. The van der Waals surface area contributed by atoms with Gasteiger partial charge in [0.1, 0.15) is 0 Å². The zero-order valence-electron chi connectivity index (χ0n) is 12.0. The summed E-state index contributed by atoms with van der Waals surface area (Å²) in [4.78, 5) is 14.2. The molecule has 110 valence electrons. The number of hydrogen-bond acceptors (Lipinski definition) is 2. The van der Waals surface area contributed by atoms with E-state index >= 15 is 0 Å². The highest BCUT2D eigenvalue weighted by molar-refractivity contribution is 5.96. The molecular weight excluding hydrogens is 260 g/mol. The molecule has 0 saturated carbocycles. The van der Waals surface area contributed by atoms with Crippen LogP contribution in [0.1, 0.15) is 37.0 Å². The fourth-order valence-corrected chi connectivity index (χ4v) is 2.67. The smallest absolute Gasteiger partial charge is 0.169 e. The number of carbonyl (C=O) groups excluding carboxylic acids is 1. The van der Waals surface area contributed by atoms with Crippen LogP contribution >= 0.6 is 0 Å². The maximum Gasteiger partial charge on any atom is 0.169 e. The SMILES string of the molecule is CC1CCN(CCC(=O)c2cccc(F)c2F)CC1C. The van der Waals surface area contributed by atoms with Crippen molar-refractivity contribution in [1.29, 1.82) is 0 Å². The molecule has 0 spiro atoms. The van der Waals surface area contributed by atoms with Crippen molar-refractivity contribution in [3.8, 4) is 0 Å². The van der Waals surface area contributed by atoms with Crippen LogP contribution in [-0.2, 0) is 0 Å². The second kappa shape index (κ2) is 6.44. The summed E-state index contributed by atoms with van der Waals surface area (Å²) < 4.78 is 26.6. The standard InChI is InChI=1S/C16H21F2NO/c1-11-6-8-19(10-12(11)2)9-7-15(20)13-4-3-5-14(17)16(13)18/h3-5,11-12H,6-10H2,1-2H3. The summed E-state index contributed by atoms with van der Waals surface area (Å²) in [6.07, 6.45) is 1.37. The van der Waals surface area contributed by atoms with Crippen LogP contribution in [0.15, 0.2) is 18.2 Å². The van der Waals surface area contributed by atoms with Gasteiger partial charge in [0.25, 0.3) is 0 Å². The molecule has 2 atom stereocenters. The second-order valence-electron chi connectivity index (χ2n) is 5.82. The van der Waals surface area contributed by atoms with Gasteiger partial charge in [0, 0.05) is 19.5 Å². The maximum atomic E-state index is 13.5. The number of halogens is 2. The number of ketones is 1. The molecule has 20 heavy (non-hydrogen) atoms. The van der Waals surface area contributed by atoms with Gasteiger partial charge in [-0.2, -0.15) is 0 Å². The van der Waals surface area contributed by atoms with E-state index in [1.807, 2.05) is 0 Å². The molecule has 1 aliphatic rings. The Morgan fingerprint density at radius 1 is 1.30 bits per heavy atom. The lowest BCUT2D eigenvalue weighted by molar-refractivity contribution is 0.0922. The summed E-state index contributed by atoms with van der Waals surface area (Å²) in [5.41, 5.74) is -0.136. The maximum absolute atomic E-state index is 13.5. The van der Waals surface area contributed by atoms with E-state index in [1.54, 1.807) is 0 Å². The Morgan fingerprint density at radius 2 is 2.05 bits per heavy atom. The fraction of sp³-hybridized carbons (Fsp3) is 0.562. The van der Waals surface area contributed by atoms with Gasteiger partial charge in [0.15, 0.2) is 17.4 Å². The number of carbonyl (C=O) groups is 1. The van der Waals surface area contributed by atoms with Gasteiger partial charge >= 0.3 is 0 Å². The van der Waals surface area contributed by atoms with Crippen molar-refractivity contribution in [2.45, 2.75) is 26.7 Å². The van der Waals surface area contributed by atoms with E-state index in [9.17, 15) is 13.6 Å². The Labute approximate surface area is 118 Å². The fourth-order valence-electron chi connectivity index (χ4n) is 2.67. The summed E-state index contributed by atoms with van der Waals surface area (Å²) in [6, 6.07) is 3.75. The molecule has 1 aliphatic heterocycles. The molecule has 2 rings (SSSR count). The first kappa shape index (κ1) is 15.1. The monoisotopic (exact) mass is 281 g/mol. The van der Waals surface area contributed by atoms with Crippen molar-refractivity contribution in [3.63, 3.8) is 0 Å². The Balaban J connectivity index is 1.91. The molecule has 2 nitrogen and oxygen atoms in total. The van der Waals surface area contributed by atoms with Gasteiger partial charge in [-0.3, -0.25) is 4.79 Å². The molecule has 1 heterocycles. The van der Waals surface area contributed by atoms with E-state index < -0.39 is 11.6 Å². The molecule has 1 aromatic carbocycles. The van der Waals surface area contributed by atoms with E-state index in [-0.39, 0.29) is 17.8 Å². The summed E-state index contributed by atoms with van der Waals surface area (Å²) >= 11 is 0. The van der Waals surface area contributed by atoms with Gasteiger partial charge < -0.3 is 4.90 Å². The zero-order valence-corrected chi connectivity index (χ0v) is 12.0. The van der Waals surface area contributed by atoms with Crippen LogP contribution in [0.25, 0.3) is 0 Å². The van der Waals surface area contributed by atoms with E-state index in [0.29, 0.717) is 18.4 Å². The van der Waals surface area contributed by atoms with Crippen LogP contribution in [-0.4, -0.2) is 30.3 Å². The number of Topliss-reactive ketones (excluding diaryl/α,β-unsaturated/α-hetero) is 1. The van der Waals surface area contributed by atoms with Gasteiger partial charge in [-0.1, -0.05) is 19.9 Å². The van der Waals surface area contributed by atoms with Crippen LogP contribution in [0, 0.1) is 23.5 Å². The molecule has 0 aliphatic carbocycles. The van der Waals surface area contributed by atoms with E-state index in [2.05, 4.69) is 18.7 Å². The van der Waals surface area contributed by atoms with Crippen LogP contribution in [0.4, 0.5) is 8.78 Å². The van der Waals surface area contributed by atoms with E-state index in [0.717, 1.165) is 25.6 Å². The normalized spacial score (nSPS) is 23.8. The highest BCUT2D eigenvalue weighted by Gasteiger charge is 2.23. The third-order valence-electron chi connectivity index (χ3n) is 4.33. The molecule has 1 saturated heterocycles. The first-order valence-corrected chi connectivity index (χ1v) is 7.18. The molecule has 0 radical (unpaired) electrons. The Hall–Kier alpha value is -1.29. The number of nitrogens with zero attached hydrogens (tertiary/aromatic N) is 1. The van der Waals surface area contributed by atoms with Gasteiger partial charge in [0.2, 0.25) is 0 Å². The van der Waals surface area contributed by atoms with E-state index in [1.165, 1.54) is 12.1 Å². The minimum absolute atomic E-state index is 0.136. The van der Waals surface area contributed by atoms with Crippen molar-refractivity contribution >= 4 is 5.78 Å².